The van der Waals surface area contributed by atoms with Gasteiger partial charge in [-0.05, 0) is 59.5 Å². The summed E-state index contributed by atoms with van der Waals surface area (Å²) < 4.78 is 0. The molecule has 1 N–H and O–H groups in total. The Morgan fingerprint density at radius 2 is 1.03 bits per heavy atom. The summed E-state index contributed by atoms with van der Waals surface area (Å²) in [5, 5.41) is 9.57. The monoisotopic (exact) mass is 496 g/mol. The van der Waals surface area contributed by atoms with Crippen molar-refractivity contribution >= 4 is 35.1 Å². The van der Waals surface area contributed by atoms with Gasteiger partial charge in [0.05, 0.1) is 0 Å². The van der Waals surface area contributed by atoms with E-state index in [1.807, 2.05) is 24.3 Å². The number of carbonyl (C=O) groups excluding carboxylic acids is 2. The Balaban J connectivity index is 1.51. The van der Waals surface area contributed by atoms with Gasteiger partial charge in [0.15, 0.2) is 11.6 Å². The van der Waals surface area contributed by atoms with E-state index in [9.17, 15) is 14.7 Å². The standard InChI is InChI=1S/C30H24O3S2/c1-30(2,3)18-10-14-20(15-11-18)34-24-8-4-6-22-26(24)28(32)23-7-5-9-25(27(23)29(22)33)35-21-16-12-19(31)13-17-21/h4-17,31H,1-3H3. The van der Waals surface area contributed by atoms with Gasteiger partial charge in [-0.3, -0.25) is 9.59 Å². The summed E-state index contributed by atoms with van der Waals surface area (Å²) in [6.45, 7) is 6.54. The van der Waals surface area contributed by atoms with Crippen LogP contribution < -0.4 is 0 Å². The van der Waals surface area contributed by atoms with Crippen LogP contribution in [0.5, 0.6) is 5.75 Å². The van der Waals surface area contributed by atoms with Gasteiger partial charge in [0.2, 0.25) is 0 Å². The van der Waals surface area contributed by atoms with Crippen molar-refractivity contribution in [2.75, 3.05) is 0 Å². The second kappa shape index (κ2) is 9.06. The van der Waals surface area contributed by atoms with Crippen molar-refractivity contribution in [2.45, 2.75) is 45.8 Å². The van der Waals surface area contributed by atoms with Crippen molar-refractivity contribution in [3.05, 3.63) is 113 Å². The summed E-state index contributed by atoms with van der Waals surface area (Å²) in [5.41, 5.74) is 3.11. The number of hydrogen-bond acceptors (Lipinski definition) is 5. The number of benzene rings is 4. The quantitative estimate of drug-likeness (QED) is 0.275. The first kappa shape index (κ1) is 23.5. The van der Waals surface area contributed by atoms with Crippen LogP contribution in [0.25, 0.3) is 0 Å². The average Bonchev–Trinajstić information content (AvgIpc) is 2.83. The summed E-state index contributed by atoms with van der Waals surface area (Å²) in [6, 6.07) is 26.1. The van der Waals surface area contributed by atoms with Gasteiger partial charge < -0.3 is 5.11 Å². The molecule has 0 fully saturated rings. The smallest absolute Gasteiger partial charge is 0.195 e. The lowest BCUT2D eigenvalue weighted by molar-refractivity contribution is 0.0974. The number of carbonyl (C=O) groups is 2. The van der Waals surface area contributed by atoms with Crippen LogP contribution in [0, 0.1) is 0 Å². The van der Waals surface area contributed by atoms with Crippen LogP contribution in [0.15, 0.2) is 105 Å². The fraction of sp³-hybridized carbons (Fsp3) is 0.133. The van der Waals surface area contributed by atoms with Crippen LogP contribution in [0.4, 0.5) is 0 Å². The topological polar surface area (TPSA) is 54.4 Å². The summed E-state index contributed by atoms with van der Waals surface area (Å²) in [4.78, 5) is 30.8. The minimum Gasteiger partial charge on any atom is -0.508 e. The molecule has 0 saturated heterocycles. The minimum atomic E-state index is -0.137. The van der Waals surface area contributed by atoms with Crippen LogP contribution >= 0.6 is 23.5 Å². The van der Waals surface area contributed by atoms with E-state index in [-0.39, 0.29) is 22.7 Å². The van der Waals surface area contributed by atoms with Crippen LogP contribution in [-0.4, -0.2) is 16.7 Å². The lowest BCUT2D eigenvalue weighted by Gasteiger charge is -2.22. The molecular formula is C30H24O3S2. The van der Waals surface area contributed by atoms with E-state index >= 15 is 0 Å². The second-order valence-electron chi connectivity index (χ2n) is 9.49. The Hall–Kier alpha value is -3.28. The highest BCUT2D eigenvalue weighted by atomic mass is 32.2. The molecule has 0 radical (unpaired) electrons. The van der Waals surface area contributed by atoms with Crippen LogP contribution in [-0.2, 0) is 5.41 Å². The molecule has 4 aromatic carbocycles. The molecule has 0 aliphatic heterocycles. The molecule has 174 valence electrons. The van der Waals surface area contributed by atoms with Gasteiger partial charge in [-0.25, -0.2) is 0 Å². The maximum absolute atomic E-state index is 13.7. The normalized spacial score (nSPS) is 12.9. The molecule has 3 nitrogen and oxygen atoms in total. The Morgan fingerprint density at radius 3 is 1.46 bits per heavy atom. The zero-order valence-corrected chi connectivity index (χ0v) is 21.3. The van der Waals surface area contributed by atoms with Gasteiger partial charge >= 0.3 is 0 Å². The average molecular weight is 497 g/mol. The molecule has 0 saturated carbocycles. The van der Waals surface area contributed by atoms with Crippen LogP contribution in [0.3, 0.4) is 0 Å². The second-order valence-corrected chi connectivity index (χ2v) is 11.7. The summed E-state index contributed by atoms with van der Waals surface area (Å²) >= 11 is 2.92. The fourth-order valence-electron chi connectivity index (χ4n) is 4.14. The maximum atomic E-state index is 13.7. The predicted molar refractivity (Wildman–Crippen MR) is 141 cm³/mol. The highest BCUT2D eigenvalue weighted by molar-refractivity contribution is 7.99. The molecule has 0 amide bonds. The summed E-state index contributed by atoms with van der Waals surface area (Å²) in [7, 11) is 0. The largest absolute Gasteiger partial charge is 0.508 e. The Kier molecular flexibility index (Phi) is 6.07. The van der Waals surface area contributed by atoms with Gasteiger partial charge in [-0.2, -0.15) is 0 Å². The van der Waals surface area contributed by atoms with Crippen LogP contribution in [0.1, 0.15) is 58.2 Å². The lowest BCUT2D eigenvalue weighted by atomic mass is 9.84. The first-order valence-corrected chi connectivity index (χ1v) is 13.0. The molecule has 5 heteroatoms. The summed E-state index contributed by atoms with van der Waals surface area (Å²) in [6.07, 6.45) is 0. The van der Waals surface area contributed by atoms with E-state index in [0.29, 0.717) is 22.3 Å². The fourth-order valence-corrected chi connectivity index (χ4v) is 6.09. The third kappa shape index (κ3) is 4.54. The van der Waals surface area contributed by atoms with E-state index in [1.165, 1.54) is 29.1 Å². The third-order valence-corrected chi connectivity index (χ3v) is 8.14. The van der Waals surface area contributed by atoms with Crippen molar-refractivity contribution in [3.8, 4) is 5.75 Å². The van der Waals surface area contributed by atoms with E-state index in [0.717, 1.165) is 19.6 Å². The Bertz CT molecular complexity index is 1450. The first-order chi connectivity index (χ1) is 16.7. The molecule has 1 aliphatic rings. The SMILES string of the molecule is CC(C)(C)c1ccc(Sc2cccc3c2C(=O)c2cccc(Sc4ccc(O)cc4)c2C3=O)cc1. The number of aromatic hydroxyl groups is 1. The number of ketones is 2. The number of fused-ring (bicyclic) bond motifs is 2. The van der Waals surface area contributed by atoms with E-state index in [4.69, 9.17) is 0 Å². The Morgan fingerprint density at radius 1 is 0.600 bits per heavy atom. The minimum absolute atomic E-state index is 0.0665. The van der Waals surface area contributed by atoms with Gasteiger partial charge in [-0.1, -0.05) is 80.7 Å². The van der Waals surface area contributed by atoms with Crippen molar-refractivity contribution in [2.24, 2.45) is 0 Å². The lowest BCUT2D eigenvalue weighted by Crippen LogP contribution is -2.22. The number of phenolic OH excluding ortho intramolecular Hbond substituents is 1. The molecule has 0 aromatic heterocycles. The zero-order chi connectivity index (χ0) is 24.7. The maximum Gasteiger partial charge on any atom is 0.195 e. The van der Waals surface area contributed by atoms with Crippen molar-refractivity contribution in [3.63, 3.8) is 0 Å². The molecule has 0 bridgehead atoms. The van der Waals surface area contributed by atoms with Gasteiger partial charge in [0.25, 0.3) is 0 Å². The zero-order valence-electron chi connectivity index (χ0n) is 19.7. The molecular weight excluding hydrogens is 472 g/mol. The number of rotatable bonds is 4. The molecule has 5 rings (SSSR count). The summed E-state index contributed by atoms with van der Waals surface area (Å²) in [5.74, 6) is -0.0816. The van der Waals surface area contributed by atoms with Gasteiger partial charge in [-0.15, -0.1) is 0 Å². The Labute approximate surface area is 213 Å². The molecule has 0 atom stereocenters. The highest BCUT2D eigenvalue weighted by Gasteiger charge is 2.33. The molecule has 35 heavy (non-hydrogen) atoms. The van der Waals surface area contributed by atoms with Crippen molar-refractivity contribution in [1.29, 1.82) is 0 Å². The van der Waals surface area contributed by atoms with E-state index in [1.54, 1.807) is 36.4 Å². The van der Waals surface area contributed by atoms with Crippen LogP contribution in [0.2, 0.25) is 0 Å². The van der Waals surface area contributed by atoms with Crippen molar-refractivity contribution < 1.29 is 14.7 Å². The molecule has 1 aliphatic carbocycles. The third-order valence-electron chi connectivity index (χ3n) is 6.01. The van der Waals surface area contributed by atoms with Gasteiger partial charge in [0.1, 0.15) is 5.75 Å². The highest BCUT2D eigenvalue weighted by Crippen LogP contribution is 2.41. The number of hydrogen-bond donors (Lipinski definition) is 1. The molecule has 0 unspecified atom stereocenters. The van der Waals surface area contributed by atoms with E-state index in [2.05, 4.69) is 45.0 Å². The van der Waals surface area contributed by atoms with Crippen molar-refractivity contribution in [1.82, 2.24) is 0 Å². The number of phenols is 1. The predicted octanol–water partition coefficient (Wildman–Crippen LogP) is 7.77. The van der Waals surface area contributed by atoms with Gasteiger partial charge in [0, 0.05) is 41.8 Å². The molecule has 4 aromatic rings. The van der Waals surface area contributed by atoms with E-state index < -0.39 is 0 Å². The molecule has 0 heterocycles. The molecule has 0 spiro atoms. The first-order valence-electron chi connectivity index (χ1n) is 11.3.